The third kappa shape index (κ3) is 5.12. The highest BCUT2D eigenvalue weighted by Gasteiger charge is 2.25. The van der Waals surface area contributed by atoms with Crippen LogP contribution < -0.4 is 5.32 Å². The molecule has 3 heterocycles. The zero-order valence-electron chi connectivity index (χ0n) is 21.7. The van der Waals surface area contributed by atoms with E-state index in [0.29, 0.717) is 24.6 Å². The summed E-state index contributed by atoms with van der Waals surface area (Å²) in [5.41, 5.74) is 5.94. The molecular weight excluding hydrogens is 474 g/mol. The Morgan fingerprint density at radius 1 is 1.13 bits per heavy atom. The lowest BCUT2D eigenvalue weighted by Crippen LogP contribution is -2.43. The minimum Gasteiger partial charge on any atom is -0.379 e. The maximum absolute atomic E-state index is 13.3. The lowest BCUT2D eigenvalue weighted by Gasteiger charge is -2.34. The summed E-state index contributed by atoms with van der Waals surface area (Å²) >= 11 is 0. The Labute approximate surface area is 223 Å². The fourth-order valence-corrected chi connectivity index (χ4v) is 5.46. The number of carbonyl (C=O) groups is 1. The van der Waals surface area contributed by atoms with Gasteiger partial charge in [0.05, 0.1) is 37.2 Å². The first kappa shape index (κ1) is 24.5. The van der Waals surface area contributed by atoms with Gasteiger partial charge in [0.1, 0.15) is 0 Å². The van der Waals surface area contributed by atoms with Crippen molar-refractivity contribution in [2.24, 2.45) is 10.9 Å². The lowest BCUT2D eigenvalue weighted by atomic mass is 9.88. The molecule has 1 fully saturated rings. The highest BCUT2D eigenvalue weighted by molar-refractivity contribution is 6.09. The Bertz CT molecular complexity index is 1440. The average Bonchev–Trinajstić information content (AvgIpc) is 3.24. The molecule has 0 radical (unpaired) electrons. The molecule has 2 aromatic carbocycles. The van der Waals surface area contributed by atoms with Crippen molar-refractivity contribution in [2.45, 2.75) is 32.4 Å². The zero-order valence-corrected chi connectivity index (χ0v) is 21.7. The van der Waals surface area contributed by atoms with E-state index in [2.05, 4.69) is 52.6 Å². The average molecular weight is 508 g/mol. The monoisotopic (exact) mass is 507 g/mol. The van der Waals surface area contributed by atoms with E-state index in [1.54, 1.807) is 6.20 Å². The van der Waals surface area contributed by atoms with Gasteiger partial charge in [0, 0.05) is 47.9 Å². The van der Waals surface area contributed by atoms with E-state index >= 15 is 0 Å². The summed E-state index contributed by atoms with van der Waals surface area (Å²) in [6.45, 7) is 6.39. The molecule has 2 unspecified atom stereocenters. The van der Waals surface area contributed by atoms with Crippen LogP contribution in [-0.4, -0.2) is 58.6 Å². The number of nitrogens with one attached hydrogen (secondary N) is 1. The Hall–Kier alpha value is -3.81. The Morgan fingerprint density at radius 2 is 1.97 bits per heavy atom. The number of hydrogen-bond acceptors (Lipinski definition) is 5. The molecule has 7 heteroatoms. The smallest absolute Gasteiger partial charge is 0.253 e. The van der Waals surface area contributed by atoms with Crippen LogP contribution in [0.3, 0.4) is 0 Å². The van der Waals surface area contributed by atoms with Crippen molar-refractivity contribution in [3.05, 3.63) is 95.9 Å². The zero-order chi connectivity index (χ0) is 25.9. The summed E-state index contributed by atoms with van der Waals surface area (Å²) < 4.78 is 7.48. The van der Waals surface area contributed by atoms with Crippen LogP contribution in [-0.2, 0) is 16.1 Å². The van der Waals surface area contributed by atoms with E-state index in [1.807, 2.05) is 47.3 Å². The van der Waals surface area contributed by atoms with Gasteiger partial charge in [-0.1, -0.05) is 48.6 Å². The first-order chi connectivity index (χ1) is 18.7. The number of carbonyl (C=O) groups excluding carboxylic acids is 1. The summed E-state index contributed by atoms with van der Waals surface area (Å²) in [6.07, 6.45) is 11.8. The number of nitrogens with zero attached hydrogens (tertiary/aromatic N) is 4. The molecule has 0 bridgehead atoms. The minimum atomic E-state index is -0.105. The van der Waals surface area contributed by atoms with Crippen molar-refractivity contribution in [1.29, 1.82) is 0 Å². The van der Waals surface area contributed by atoms with Crippen molar-refractivity contribution in [1.82, 2.24) is 14.7 Å². The first-order valence-corrected chi connectivity index (χ1v) is 13.4. The van der Waals surface area contributed by atoms with Crippen molar-refractivity contribution in [3.63, 3.8) is 0 Å². The molecule has 1 aromatic heterocycles. The molecule has 1 aliphatic carbocycles. The summed E-state index contributed by atoms with van der Waals surface area (Å²) in [5.74, 6) is 0.128. The highest BCUT2D eigenvalue weighted by Crippen LogP contribution is 2.29. The molecular formula is C31H33N5O2. The van der Waals surface area contributed by atoms with E-state index in [4.69, 9.17) is 9.73 Å². The largest absolute Gasteiger partial charge is 0.379 e. The van der Waals surface area contributed by atoms with Gasteiger partial charge in [-0.3, -0.25) is 19.4 Å². The van der Waals surface area contributed by atoms with Gasteiger partial charge in [-0.2, -0.15) is 5.10 Å². The summed E-state index contributed by atoms with van der Waals surface area (Å²) in [4.78, 5) is 20.6. The lowest BCUT2D eigenvalue weighted by molar-refractivity contribution is -0.113. The highest BCUT2D eigenvalue weighted by atomic mass is 16.5. The maximum Gasteiger partial charge on any atom is 0.253 e. The number of amides is 1. The van der Waals surface area contributed by atoms with Gasteiger partial charge < -0.3 is 10.1 Å². The molecule has 0 saturated carbocycles. The second kappa shape index (κ2) is 10.9. The third-order valence-electron chi connectivity index (χ3n) is 7.79. The molecule has 1 amide bonds. The molecule has 2 atom stereocenters. The number of fused-ring (bicyclic) bond motifs is 2. The third-order valence-corrected chi connectivity index (χ3v) is 7.79. The fraction of sp³-hybridized carbons (Fsp3) is 0.323. The van der Waals surface area contributed by atoms with Gasteiger partial charge in [-0.15, -0.1) is 0 Å². The summed E-state index contributed by atoms with van der Waals surface area (Å²) in [5, 5.41) is 8.65. The van der Waals surface area contributed by atoms with Crippen molar-refractivity contribution in [2.75, 3.05) is 31.6 Å². The second-order valence-electron chi connectivity index (χ2n) is 10.2. The van der Waals surface area contributed by atoms with Gasteiger partial charge >= 0.3 is 0 Å². The van der Waals surface area contributed by atoms with Crippen molar-refractivity contribution < 1.29 is 9.53 Å². The maximum atomic E-state index is 13.3. The topological polar surface area (TPSA) is 71.8 Å². The van der Waals surface area contributed by atoms with Gasteiger partial charge in [-0.25, -0.2) is 0 Å². The van der Waals surface area contributed by atoms with Gasteiger partial charge in [0.15, 0.2) is 0 Å². The van der Waals surface area contributed by atoms with Crippen LogP contribution in [0.5, 0.6) is 0 Å². The summed E-state index contributed by atoms with van der Waals surface area (Å²) in [6, 6.07) is 16.5. The molecule has 3 aliphatic rings. The minimum absolute atomic E-state index is 0.105. The first-order valence-electron chi connectivity index (χ1n) is 13.4. The Morgan fingerprint density at radius 3 is 2.82 bits per heavy atom. The van der Waals surface area contributed by atoms with Crippen molar-refractivity contribution in [3.8, 4) is 0 Å². The summed E-state index contributed by atoms with van der Waals surface area (Å²) in [7, 11) is 0. The van der Waals surface area contributed by atoms with Crippen LogP contribution in [0.1, 0.15) is 25.3 Å². The van der Waals surface area contributed by atoms with Crippen LogP contribution >= 0.6 is 0 Å². The van der Waals surface area contributed by atoms with Gasteiger partial charge in [-0.05, 0) is 49.1 Å². The van der Waals surface area contributed by atoms with Crippen LogP contribution in [0.25, 0.3) is 10.9 Å². The number of anilines is 1. The van der Waals surface area contributed by atoms with Gasteiger partial charge in [0.2, 0.25) is 0 Å². The number of allylic oxidation sites excluding steroid dienone is 2. The van der Waals surface area contributed by atoms with Crippen molar-refractivity contribution >= 4 is 28.2 Å². The standard InChI is InChI=1S/C31H33N5O2/c1-22(35-14-16-38-17-15-35)25-12-10-24-11-13-26(19-32-29(24)18-25)31(37)34-28-8-5-9-30-27(28)20-33-36(30)21-23-6-3-2-4-7-23/h2-10,12,18-20,22,24H,11,13-17,21H2,1H3,(H,34,37). The predicted octanol–water partition coefficient (Wildman–Crippen LogP) is 4.97. The predicted molar refractivity (Wildman–Crippen MR) is 151 cm³/mol. The SMILES string of the molecule is CC(C1=CC2=NC=C(C(=O)Nc3cccc4c3cnn4Cc3ccccc3)CCC2C=C1)N1CCOCC1. The van der Waals surface area contributed by atoms with Crippen LogP contribution in [0, 0.1) is 5.92 Å². The molecule has 3 aromatic rings. The molecule has 1 saturated heterocycles. The van der Waals surface area contributed by atoms with E-state index in [1.165, 1.54) is 11.1 Å². The fourth-order valence-electron chi connectivity index (χ4n) is 5.46. The van der Waals surface area contributed by atoms with E-state index in [9.17, 15) is 4.79 Å². The second-order valence-corrected chi connectivity index (χ2v) is 10.2. The number of aliphatic imine (C=N–C) groups is 1. The van der Waals surface area contributed by atoms with Crippen LogP contribution in [0.15, 0.2) is 95.3 Å². The Balaban J connectivity index is 1.18. The molecule has 0 spiro atoms. The van der Waals surface area contributed by atoms with E-state index < -0.39 is 0 Å². The molecule has 194 valence electrons. The van der Waals surface area contributed by atoms with E-state index in [0.717, 1.165) is 55.0 Å². The van der Waals surface area contributed by atoms with Gasteiger partial charge in [0.25, 0.3) is 5.91 Å². The van der Waals surface area contributed by atoms with Crippen LogP contribution in [0.2, 0.25) is 0 Å². The van der Waals surface area contributed by atoms with E-state index in [-0.39, 0.29) is 11.8 Å². The number of aromatic nitrogens is 2. The molecule has 2 aliphatic heterocycles. The normalized spacial score (nSPS) is 20.7. The Kier molecular flexibility index (Phi) is 7.03. The quantitative estimate of drug-likeness (QED) is 0.511. The number of benzene rings is 2. The van der Waals surface area contributed by atoms with Crippen LogP contribution in [0.4, 0.5) is 5.69 Å². The number of hydrogen-bond donors (Lipinski definition) is 1. The molecule has 1 N–H and O–H groups in total. The number of rotatable bonds is 6. The molecule has 7 nitrogen and oxygen atoms in total. The number of morpholine rings is 1. The molecule has 38 heavy (non-hydrogen) atoms. The number of ether oxygens (including phenoxy) is 1. The molecule has 6 rings (SSSR count).